The molecule has 0 spiro atoms. The number of hydrogen-bond acceptors (Lipinski definition) is 5. The summed E-state index contributed by atoms with van der Waals surface area (Å²) in [4.78, 5) is 25.3. The van der Waals surface area contributed by atoms with E-state index in [1.807, 2.05) is 12.1 Å². The first kappa shape index (κ1) is 29.2. The van der Waals surface area contributed by atoms with Crippen molar-refractivity contribution >= 4 is 11.9 Å². The molecule has 0 aliphatic heterocycles. The number of carbonyl (C=O) groups is 2. The van der Waals surface area contributed by atoms with Crippen molar-refractivity contribution in [1.82, 2.24) is 0 Å². The smallest absolute Gasteiger partial charge is 0.323 e. The number of benzene rings is 1. The van der Waals surface area contributed by atoms with Crippen LogP contribution in [0.3, 0.4) is 0 Å². The zero-order chi connectivity index (χ0) is 25.5. The first-order valence-electron chi connectivity index (χ1n) is 13.9. The summed E-state index contributed by atoms with van der Waals surface area (Å²) < 4.78 is 16.4. The van der Waals surface area contributed by atoms with Crippen LogP contribution in [0.1, 0.15) is 122 Å². The predicted octanol–water partition coefficient (Wildman–Crippen LogP) is 7.75. The molecule has 0 saturated heterocycles. The van der Waals surface area contributed by atoms with Gasteiger partial charge in [-0.15, -0.1) is 0 Å². The van der Waals surface area contributed by atoms with Gasteiger partial charge >= 0.3 is 11.9 Å². The predicted molar refractivity (Wildman–Crippen MR) is 141 cm³/mol. The molecule has 0 heterocycles. The van der Waals surface area contributed by atoms with Gasteiger partial charge in [-0.05, 0) is 69.6 Å². The second-order valence-electron chi connectivity index (χ2n) is 10.6. The Morgan fingerprint density at radius 3 is 1.89 bits per heavy atom. The molecule has 0 N–H and O–H groups in total. The minimum absolute atomic E-state index is 0.133. The number of carbonyl (C=O) groups excluding carboxylic acids is 2. The van der Waals surface area contributed by atoms with E-state index in [0.29, 0.717) is 12.5 Å². The van der Waals surface area contributed by atoms with Crippen molar-refractivity contribution in [2.75, 3.05) is 13.7 Å². The molecule has 0 radical (unpaired) electrons. The SMILES string of the molecule is CCCCCCCCCCCCOC(=O)C(C)(C)C(=O)OC1CCC(c2ccc(OC)cc2)CC1. The van der Waals surface area contributed by atoms with E-state index in [-0.39, 0.29) is 6.10 Å². The fourth-order valence-corrected chi connectivity index (χ4v) is 4.71. The Morgan fingerprint density at radius 2 is 1.34 bits per heavy atom. The standard InChI is InChI=1S/C30H48O5/c1-5-6-7-8-9-10-11-12-13-14-23-34-28(31)30(2,3)29(32)35-27-21-17-25(18-22-27)24-15-19-26(33-4)20-16-24/h15-16,19-20,25,27H,5-14,17-18,21-23H2,1-4H3. The zero-order valence-electron chi connectivity index (χ0n) is 22.6. The lowest BCUT2D eigenvalue weighted by atomic mass is 9.82. The van der Waals surface area contributed by atoms with E-state index in [9.17, 15) is 9.59 Å². The summed E-state index contributed by atoms with van der Waals surface area (Å²) >= 11 is 0. The Hall–Kier alpha value is -2.04. The summed E-state index contributed by atoms with van der Waals surface area (Å²) in [7, 11) is 1.67. The molecule has 0 bridgehead atoms. The number of rotatable bonds is 16. The number of ether oxygens (including phenoxy) is 3. The summed E-state index contributed by atoms with van der Waals surface area (Å²) in [5.41, 5.74) is 0.0251. The van der Waals surface area contributed by atoms with Crippen LogP contribution in [0.4, 0.5) is 0 Å². The number of unbranched alkanes of at least 4 members (excludes halogenated alkanes) is 9. The highest BCUT2D eigenvalue weighted by atomic mass is 16.6. The monoisotopic (exact) mass is 488 g/mol. The van der Waals surface area contributed by atoms with Crippen molar-refractivity contribution in [2.24, 2.45) is 5.41 Å². The normalized spacial score (nSPS) is 18.2. The third kappa shape index (κ3) is 10.2. The summed E-state index contributed by atoms with van der Waals surface area (Å²) in [5.74, 6) is 0.373. The van der Waals surface area contributed by atoms with Gasteiger partial charge in [0, 0.05) is 0 Å². The molecule has 1 saturated carbocycles. The molecule has 198 valence electrons. The minimum Gasteiger partial charge on any atom is -0.497 e. The minimum atomic E-state index is -1.27. The third-order valence-corrected chi connectivity index (χ3v) is 7.29. The summed E-state index contributed by atoms with van der Waals surface area (Å²) in [5, 5.41) is 0. The molecule has 0 aromatic heterocycles. The van der Waals surface area contributed by atoms with Crippen LogP contribution in [0.2, 0.25) is 0 Å². The van der Waals surface area contributed by atoms with Crippen molar-refractivity contribution in [2.45, 2.75) is 123 Å². The number of hydrogen-bond donors (Lipinski definition) is 0. The lowest BCUT2D eigenvalue weighted by Crippen LogP contribution is -2.39. The second-order valence-corrected chi connectivity index (χ2v) is 10.6. The fraction of sp³-hybridized carbons (Fsp3) is 0.733. The maximum Gasteiger partial charge on any atom is 0.323 e. The summed E-state index contributed by atoms with van der Waals surface area (Å²) in [6.45, 7) is 5.84. The highest BCUT2D eigenvalue weighted by Gasteiger charge is 2.41. The van der Waals surface area contributed by atoms with Crippen molar-refractivity contribution in [3.8, 4) is 5.75 Å². The van der Waals surface area contributed by atoms with E-state index in [1.54, 1.807) is 21.0 Å². The van der Waals surface area contributed by atoms with E-state index < -0.39 is 17.4 Å². The zero-order valence-corrected chi connectivity index (χ0v) is 22.6. The van der Waals surface area contributed by atoms with Crippen molar-refractivity contribution in [3.63, 3.8) is 0 Å². The lowest BCUT2D eigenvalue weighted by Gasteiger charge is -2.31. The van der Waals surface area contributed by atoms with Crippen LogP contribution in [0.5, 0.6) is 5.75 Å². The maximum absolute atomic E-state index is 12.8. The molecular formula is C30H48O5. The van der Waals surface area contributed by atoms with Gasteiger partial charge in [-0.25, -0.2) is 0 Å². The first-order chi connectivity index (χ1) is 16.9. The fourth-order valence-electron chi connectivity index (χ4n) is 4.71. The van der Waals surface area contributed by atoms with Crippen LogP contribution in [-0.2, 0) is 19.1 Å². The Kier molecular flexibility index (Phi) is 13.2. The van der Waals surface area contributed by atoms with Gasteiger partial charge in [0.25, 0.3) is 0 Å². The van der Waals surface area contributed by atoms with Crippen molar-refractivity contribution in [3.05, 3.63) is 29.8 Å². The molecule has 0 unspecified atom stereocenters. The Labute approximate surface area is 213 Å². The summed E-state index contributed by atoms with van der Waals surface area (Å²) in [6.07, 6.45) is 15.7. The molecule has 0 amide bonds. The molecule has 1 aromatic rings. The Balaban J connectivity index is 1.60. The molecule has 1 aliphatic rings. The lowest BCUT2D eigenvalue weighted by molar-refractivity contribution is -0.174. The molecule has 2 rings (SSSR count). The molecule has 0 atom stereocenters. The van der Waals surface area contributed by atoms with Crippen LogP contribution < -0.4 is 4.74 Å². The van der Waals surface area contributed by atoms with Crippen LogP contribution in [-0.4, -0.2) is 31.8 Å². The second kappa shape index (κ2) is 15.9. The molecule has 35 heavy (non-hydrogen) atoms. The molecule has 1 fully saturated rings. The van der Waals surface area contributed by atoms with Crippen molar-refractivity contribution < 1.29 is 23.8 Å². The van der Waals surface area contributed by atoms with Crippen LogP contribution in [0.25, 0.3) is 0 Å². The van der Waals surface area contributed by atoms with Gasteiger partial charge in [0.1, 0.15) is 11.9 Å². The Morgan fingerprint density at radius 1 is 0.800 bits per heavy atom. The van der Waals surface area contributed by atoms with Gasteiger partial charge in [0.15, 0.2) is 5.41 Å². The van der Waals surface area contributed by atoms with Crippen LogP contribution in [0, 0.1) is 5.41 Å². The van der Waals surface area contributed by atoms with E-state index in [0.717, 1.165) is 44.3 Å². The van der Waals surface area contributed by atoms with E-state index in [1.165, 1.54) is 56.9 Å². The van der Waals surface area contributed by atoms with E-state index >= 15 is 0 Å². The highest BCUT2D eigenvalue weighted by molar-refractivity contribution is 5.99. The van der Waals surface area contributed by atoms with Gasteiger partial charge in [0.2, 0.25) is 0 Å². The number of esters is 2. The van der Waals surface area contributed by atoms with Crippen LogP contribution >= 0.6 is 0 Å². The average Bonchev–Trinajstić information content (AvgIpc) is 2.87. The maximum atomic E-state index is 12.8. The van der Waals surface area contributed by atoms with Crippen molar-refractivity contribution in [1.29, 1.82) is 0 Å². The topological polar surface area (TPSA) is 61.8 Å². The van der Waals surface area contributed by atoms with Gasteiger partial charge in [-0.2, -0.15) is 0 Å². The molecule has 1 aromatic carbocycles. The molecule has 5 heteroatoms. The molecular weight excluding hydrogens is 440 g/mol. The Bertz CT molecular complexity index is 732. The molecule has 5 nitrogen and oxygen atoms in total. The van der Waals surface area contributed by atoms with Crippen LogP contribution in [0.15, 0.2) is 24.3 Å². The van der Waals surface area contributed by atoms with Gasteiger partial charge < -0.3 is 14.2 Å². The molecule has 1 aliphatic carbocycles. The van der Waals surface area contributed by atoms with Gasteiger partial charge in [-0.3, -0.25) is 9.59 Å². The quantitative estimate of drug-likeness (QED) is 0.135. The summed E-state index contributed by atoms with van der Waals surface area (Å²) in [6, 6.07) is 8.21. The van der Waals surface area contributed by atoms with Gasteiger partial charge in [-0.1, -0.05) is 76.8 Å². The van der Waals surface area contributed by atoms with Gasteiger partial charge in [0.05, 0.1) is 13.7 Å². The average molecular weight is 489 g/mol. The van der Waals surface area contributed by atoms with E-state index in [2.05, 4.69) is 19.1 Å². The first-order valence-corrected chi connectivity index (χ1v) is 13.9. The highest BCUT2D eigenvalue weighted by Crippen LogP contribution is 2.35. The van der Waals surface area contributed by atoms with E-state index in [4.69, 9.17) is 14.2 Å². The largest absolute Gasteiger partial charge is 0.497 e. The number of methoxy groups -OCH3 is 1. The third-order valence-electron chi connectivity index (χ3n) is 7.29.